The molecule has 0 saturated heterocycles. The Labute approximate surface area is 792 Å². The first kappa shape index (κ1) is 119. The molecule has 0 bridgehead atoms. The van der Waals surface area contributed by atoms with Gasteiger partial charge in [0.25, 0.3) is 0 Å². The number of hydrogen-bond donors (Lipinski definition) is 17. The highest BCUT2D eigenvalue weighted by Crippen LogP contribution is 2.24. The summed E-state index contributed by atoms with van der Waals surface area (Å²) in [6, 6.07) is -4.41. The molecule has 48 nitrogen and oxygen atoms in total. The van der Waals surface area contributed by atoms with Gasteiger partial charge in [-0.1, -0.05) is 112 Å². The predicted molar refractivity (Wildman–Crippen MR) is 491 cm³/mol. The van der Waals surface area contributed by atoms with Crippen LogP contribution < -0.4 is 80.2 Å². The lowest BCUT2D eigenvalue weighted by molar-refractivity contribution is -0.155. The zero-order chi connectivity index (χ0) is 103. The first-order valence-corrected chi connectivity index (χ1v) is 44.1. The molecule has 0 fully saturated rings. The summed E-state index contributed by atoms with van der Waals surface area (Å²) >= 11 is 0. The van der Waals surface area contributed by atoms with Crippen molar-refractivity contribution in [2.75, 3.05) is 74.9 Å². The predicted octanol–water partition coefficient (Wildman–Crippen LogP) is 0.421. The molecule has 137 heavy (non-hydrogen) atoms. The van der Waals surface area contributed by atoms with E-state index in [9.17, 15) is 106 Å². The molecule has 13 amide bonds. The monoisotopic (exact) mass is 1930 g/mol. The van der Waals surface area contributed by atoms with Gasteiger partial charge in [-0.25, -0.2) is 14.4 Å². The van der Waals surface area contributed by atoms with Crippen LogP contribution in [0.15, 0.2) is 85.2 Å². The SMILES string of the molecule is C=CCCOC(=O)NC(CC(=O)c1ccccc1N=[N+]=[N-])C(=O)OC(C)C(NC(=O)C(CC(=O)OC)NC(=O)C(CC(=O)NC(C)(C)C)NC(=O)C(Cc1c[nH]c2ccccc12)NC(=O)CCCCCCCCC)C(=O)NCC(=O)O.C=CCOC(=O)C(CCC(C)=O)NC(=O)C(COC)NC(=O)CNC(=O)C(CC(=O)OC)NC(=O)C(C)NC(=O)C(CC(=O)OC)NC(=O)C(N)CCCNC. The Hall–Kier alpha value is -14.3. The number of fused-ring (bicyclic) bond motifs is 1. The number of carbonyl (C=O) groups excluding carboxylic acids is 20. The lowest BCUT2D eigenvalue weighted by Crippen LogP contribution is -2.61. The Bertz CT molecular complexity index is 4680. The number of H-pyrrole nitrogens is 1. The molecule has 3 aromatic rings. The van der Waals surface area contributed by atoms with Crippen molar-refractivity contribution in [3.63, 3.8) is 0 Å². The van der Waals surface area contributed by atoms with Crippen molar-refractivity contribution >= 4 is 141 Å². The summed E-state index contributed by atoms with van der Waals surface area (Å²) in [5.41, 5.74) is 15.2. The number of rotatable bonds is 63. The number of methoxy groups -OCH3 is 4. The summed E-state index contributed by atoms with van der Waals surface area (Å²) in [4.78, 5) is 281. The van der Waals surface area contributed by atoms with Crippen LogP contribution >= 0.6 is 0 Å². The zero-order valence-electron chi connectivity index (χ0n) is 79.2. The van der Waals surface area contributed by atoms with Crippen molar-refractivity contribution in [3.8, 4) is 0 Å². The van der Waals surface area contributed by atoms with Crippen LogP contribution in [0.25, 0.3) is 21.3 Å². The number of carboxylic acid groups (broad SMARTS) is 1. The topological polar surface area (TPSA) is 702 Å². The molecule has 48 heteroatoms. The first-order chi connectivity index (χ1) is 64.9. The van der Waals surface area contributed by atoms with Gasteiger partial charge in [0.1, 0.15) is 85.5 Å². The number of nitrogens with two attached hydrogens (primary N) is 1. The van der Waals surface area contributed by atoms with E-state index in [0.29, 0.717) is 24.9 Å². The van der Waals surface area contributed by atoms with Crippen molar-refractivity contribution in [2.45, 2.75) is 249 Å². The van der Waals surface area contributed by atoms with Crippen molar-refractivity contribution < 1.29 is 139 Å². The van der Waals surface area contributed by atoms with E-state index in [0.717, 1.165) is 77.7 Å². The molecule has 2 aromatic carbocycles. The summed E-state index contributed by atoms with van der Waals surface area (Å²) in [6.45, 7) is 15.8. The molecule has 0 spiro atoms. The van der Waals surface area contributed by atoms with Crippen molar-refractivity contribution in [2.24, 2.45) is 10.8 Å². The molecule has 756 valence electrons. The second-order valence-corrected chi connectivity index (χ2v) is 32.2. The average Bonchev–Trinajstić information content (AvgIpc) is 1.69. The van der Waals surface area contributed by atoms with E-state index in [4.69, 9.17) is 34.9 Å². The largest absolute Gasteiger partial charge is 0.480 e. The van der Waals surface area contributed by atoms with Crippen LogP contribution in [0.4, 0.5) is 10.5 Å². The maximum Gasteiger partial charge on any atom is 0.407 e. The molecule has 18 N–H and O–H groups in total. The number of hydrogen-bond acceptors (Lipinski definition) is 31. The fourth-order valence-corrected chi connectivity index (χ4v) is 12.6. The fraction of sp³-hybridized carbons (Fsp3) is 0.562. The molecular formula is C89H131N19O29. The Morgan fingerprint density at radius 1 is 0.547 bits per heavy atom. The minimum atomic E-state index is -2.05. The number of Topliss-reactive ketones (excluding diaryl/α,β-unsaturated/α-hetero) is 2. The molecule has 12 unspecified atom stereocenters. The lowest BCUT2D eigenvalue weighted by Gasteiger charge is -2.29. The summed E-state index contributed by atoms with van der Waals surface area (Å²) < 4.78 is 34.6. The van der Waals surface area contributed by atoms with Crippen molar-refractivity contribution in [1.29, 1.82) is 0 Å². The number of carboxylic acids is 1. The average molecular weight is 1930 g/mol. The van der Waals surface area contributed by atoms with E-state index in [1.165, 1.54) is 57.4 Å². The van der Waals surface area contributed by atoms with Gasteiger partial charge in [-0.05, 0) is 104 Å². The standard InChI is InChI=1S/C55H75N11O15.C34H56N8O14/c1-8-10-12-13-14-15-16-25-44(68)59-39(27-34-31-57-37-23-19-17-21-35(34)37)49(73)60-40(29-45(69)64-55(4,5)6)50(74)61-41(30-47(72)79-7)51(75)63-48(52(76)58-32-46(70)71)33(3)81-53(77)42(62-54(78)80-26-11-9-2)28-43(67)36-22-18-20-24-38(36)65-66-56;1-8-14-56-34(52)22(12-11-19(2)43)40-33(51)25(18-53-5)39-26(44)17-37-31(49)23(15-27(45)54-6)41-29(47)20(3)38-32(50)24(16-28(46)55-7)42-30(48)21(35)10-9-13-36-4/h9,17-24,31,33,39-42,48,57H,2,8,10-16,25-30,32H2,1,3-7H3,(H,58,76)(H,59,68)(H,60,73)(H,61,74)(H,62,78)(H,63,75)(H,64,69)(H,70,71);8,20-25,36H,1,9-18,35H2,2-7H3,(H,37,49)(H,38,50)(H,39,44)(H,40,51)(H,41,47)(H,42,48). The Balaban J connectivity index is 0.000000994. The number of unbranched alkanes of at least 4 members (excludes halogenated alkanes) is 6. The number of amides is 13. The molecule has 0 aliphatic carbocycles. The number of aromatic amines is 1. The third kappa shape index (κ3) is 47.5. The Morgan fingerprint density at radius 3 is 1.67 bits per heavy atom. The van der Waals surface area contributed by atoms with E-state index in [1.807, 2.05) is 23.5 Å². The van der Waals surface area contributed by atoms with E-state index >= 15 is 0 Å². The summed E-state index contributed by atoms with van der Waals surface area (Å²) in [5.74, 6) is -19.1. The fourth-order valence-electron chi connectivity index (χ4n) is 12.6. The van der Waals surface area contributed by atoms with Crippen LogP contribution in [0.1, 0.15) is 180 Å². The van der Waals surface area contributed by atoms with Gasteiger partial charge in [-0.15, -0.1) is 6.58 Å². The van der Waals surface area contributed by atoms with Crippen LogP contribution in [0.3, 0.4) is 0 Å². The third-order valence-corrected chi connectivity index (χ3v) is 19.8. The van der Waals surface area contributed by atoms with Gasteiger partial charge in [-0.2, -0.15) is 0 Å². The number of para-hydroxylation sites is 1. The number of nitrogens with zero attached hydrogens (tertiary/aromatic N) is 3. The number of ketones is 2. The van der Waals surface area contributed by atoms with Crippen molar-refractivity contribution in [3.05, 3.63) is 102 Å². The number of esters is 5. The normalized spacial score (nSPS) is 13.4. The Kier molecular flexibility index (Phi) is 56.0. The molecule has 3 rings (SSSR count). The zero-order valence-corrected chi connectivity index (χ0v) is 79.2. The Morgan fingerprint density at radius 2 is 1.09 bits per heavy atom. The summed E-state index contributed by atoms with van der Waals surface area (Å²) in [6.07, 6.45) is 5.06. The molecule has 0 aliphatic heterocycles. The summed E-state index contributed by atoms with van der Waals surface area (Å²) in [5, 5.41) is 47.4. The number of nitrogens with one attached hydrogen (secondary N) is 15. The second-order valence-electron chi connectivity index (χ2n) is 32.2. The van der Waals surface area contributed by atoms with Gasteiger partial charge in [0.2, 0.25) is 70.9 Å². The molecular weight excluding hydrogens is 1800 g/mol. The molecule has 1 heterocycles. The van der Waals surface area contributed by atoms with Crippen LogP contribution in [0.5, 0.6) is 0 Å². The third-order valence-electron chi connectivity index (χ3n) is 19.8. The highest BCUT2D eigenvalue weighted by Gasteiger charge is 2.40. The molecule has 0 radical (unpaired) electrons. The van der Waals surface area contributed by atoms with Gasteiger partial charge in [0.15, 0.2) is 5.78 Å². The number of azide groups is 1. The van der Waals surface area contributed by atoms with E-state index in [1.54, 1.807) is 40.1 Å². The van der Waals surface area contributed by atoms with Gasteiger partial charge < -0.3 is 128 Å². The molecule has 1 aromatic heterocycles. The van der Waals surface area contributed by atoms with E-state index in [-0.39, 0.29) is 75.4 Å². The molecule has 0 saturated carbocycles. The van der Waals surface area contributed by atoms with Crippen molar-refractivity contribution in [1.82, 2.24) is 79.4 Å². The van der Waals surface area contributed by atoms with Crippen LogP contribution in [-0.2, 0) is 131 Å². The van der Waals surface area contributed by atoms with Gasteiger partial charge in [0.05, 0.1) is 72.8 Å². The molecule has 0 aliphatic rings. The minimum absolute atomic E-state index is 0.0587. The van der Waals surface area contributed by atoms with Crippen LogP contribution in [-0.4, -0.2) is 287 Å². The number of aliphatic carboxylic acids is 1. The highest BCUT2D eigenvalue weighted by atomic mass is 16.6. The quantitative estimate of drug-likeness (QED) is 0.00532. The first-order valence-electron chi connectivity index (χ1n) is 44.1. The molecule has 12 atom stereocenters. The summed E-state index contributed by atoms with van der Waals surface area (Å²) in [7, 11) is 6.03. The van der Waals surface area contributed by atoms with E-state index < -0.39 is 242 Å². The smallest absolute Gasteiger partial charge is 0.407 e. The number of aromatic nitrogens is 1. The van der Waals surface area contributed by atoms with Gasteiger partial charge in [0, 0.05) is 71.6 Å². The highest BCUT2D eigenvalue weighted by molar-refractivity contribution is 6.04. The number of carbonyl (C=O) groups is 21. The number of benzene rings is 2. The minimum Gasteiger partial charge on any atom is -0.480 e. The number of ether oxygens (including phenoxy) is 7. The maximum absolute atomic E-state index is 14.5. The van der Waals surface area contributed by atoms with Crippen LogP contribution in [0, 0.1) is 0 Å². The van der Waals surface area contributed by atoms with Crippen LogP contribution in [0.2, 0.25) is 0 Å². The van der Waals surface area contributed by atoms with Gasteiger partial charge in [-0.3, -0.25) is 81.5 Å². The van der Waals surface area contributed by atoms with Gasteiger partial charge >= 0.3 is 41.9 Å². The second kappa shape index (κ2) is 64.6. The number of alkyl carbamates (subject to hydrolysis) is 1. The maximum atomic E-state index is 14.5. The lowest BCUT2D eigenvalue weighted by atomic mass is 10.0. The van der Waals surface area contributed by atoms with E-state index in [2.05, 4.69) is 114 Å².